The third kappa shape index (κ3) is 2.17. The maximum absolute atomic E-state index is 11.5. The average molecular weight is 305 g/mol. The lowest BCUT2D eigenvalue weighted by Gasteiger charge is -1.99. The average Bonchev–Trinajstić information content (AvgIpc) is 2.92. The summed E-state index contributed by atoms with van der Waals surface area (Å²) < 4.78 is 24.0. The molecule has 0 saturated heterocycles. The summed E-state index contributed by atoms with van der Waals surface area (Å²) in [6.45, 7) is -0.0710. The molecule has 1 aromatic carbocycles. The van der Waals surface area contributed by atoms with Crippen LogP contribution in [0.2, 0.25) is 0 Å². The van der Waals surface area contributed by atoms with Crippen LogP contribution in [0.5, 0.6) is 0 Å². The minimum absolute atomic E-state index is 0.0481. The van der Waals surface area contributed by atoms with E-state index < -0.39 is 15.1 Å². The number of sulfone groups is 1. The molecular weight excluding hydrogens is 292 g/mol. The second-order valence-corrected chi connectivity index (χ2v) is 7.34. The number of hydrogen-bond acceptors (Lipinski definition) is 3. The number of rotatable bonds is 3. The van der Waals surface area contributed by atoms with Gasteiger partial charge in [0.05, 0.1) is 5.25 Å². The first-order valence-corrected chi connectivity index (χ1v) is 7.75. The minimum Gasteiger partial charge on any atom is -0.396 e. The summed E-state index contributed by atoms with van der Waals surface area (Å²) in [5.74, 6) is -0.190. The summed E-state index contributed by atoms with van der Waals surface area (Å²) in [4.78, 5) is 0. The van der Waals surface area contributed by atoms with Gasteiger partial charge in [-0.1, -0.05) is 28.1 Å². The molecule has 1 aliphatic carbocycles. The van der Waals surface area contributed by atoms with Crippen molar-refractivity contribution in [2.45, 2.75) is 11.2 Å². The predicted octanol–water partition coefficient (Wildman–Crippen LogP) is 1.57. The van der Waals surface area contributed by atoms with Gasteiger partial charge in [-0.15, -0.1) is 0 Å². The molecule has 0 heterocycles. The Labute approximate surface area is 104 Å². The van der Waals surface area contributed by atoms with E-state index in [1.165, 1.54) is 6.26 Å². The molecule has 2 rings (SSSR count). The van der Waals surface area contributed by atoms with Gasteiger partial charge in [0.25, 0.3) is 0 Å². The molecule has 0 aliphatic heterocycles. The molecule has 16 heavy (non-hydrogen) atoms. The highest BCUT2D eigenvalue weighted by molar-refractivity contribution is 9.10. The summed E-state index contributed by atoms with van der Waals surface area (Å²) in [5, 5.41) is 8.73. The van der Waals surface area contributed by atoms with Crippen molar-refractivity contribution in [3.05, 3.63) is 34.3 Å². The van der Waals surface area contributed by atoms with Crippen molar-refractivity contribution >= 4 is 25.8 Å². The van der Waals surface area contributed by atoms with Gasteiger partial charge in [-0.05, 0) is 17.7 Å². The third-order valence-electron chi connectivity index (χ3n) is 3.06. The molecule has 5 heteroatoms. The number of benzene rings is 1. The lowest BCUT2D eigenvalue weighted by molar-refractivity contribution is 0.274. The minimum atomic E-state index is -3.07. The van der Waals surface area contributed by atoms with E-state index in [1.54, 1.807) is 0 Å². The van der Waals surface area contributed by atoms with Gasteiger partial charge >= 0.3 is 0 Å². The maximum Gasteiger partial charge on any atom is 0.151 e. The lowest BCUT2D eigenvalue weighted by Crippen LogP contribution is -2.08. The largest absolute Gasteiger partial charge is 0.396 e. The van der Waals surface area contributed by atoms with Gasteiger partial charge < -0.3 is 5.11 Å². The van der Waals surface area contributed by atoms with Gasteiger partial charge in [-0.2, -0.15) is 0 Å². The van der Waals surface area contributed by atoms with Gasteiger partial charge in [0.15, 0.2) is 9.84 Å². The standard InChI is InChI=1S/C11H13BrO3S/c1-16(14,15)11-9(6-13)10(11)7-2-4-8(12)5-3-7/h2-5,9-11,13H,6H2,1H3/t9-,10-,11-/m1/s1. The zero-order chi connectivity index (χ0) is 11.9. The van der Waals surface area contributed by atoms with Gasteiger partial charge in [0.2, 0.25) is 0 Å². The van der Waals surface area contributed by atoms with Crippen LogP contribution >= 0.6 is 15.9 Å². The second-order valence-electron chi connectivity index (χ2n) is 4.22. The van der Waals surface area contributed by atoms with Crippen LogP contribution in [0.15, 0.2) is 28.7 Å². The van der Waals surface area contributed by atoms with Crippen molar-refractivity contribution < 1.29 is 13.5 Å². The Kier molecular flexibility index (Phi) is 3.11. The van der Waals surface area contributed by atoms with E-state index in [-0.39, 0.29) is 18.4 Å². The first kappa shape index (κ1) is 12.1. The Morgan fingerprint density at radius 3 is 2.25 bits per heavy atom. The van der Waals surface area contributed by atoms with Crippen molar-refractivity contribution in [1.29, 1.82) is 0 Å². The SMILES string of the molecule is CS(=O)(=O)[C@@H]1[C@H](CO)[C@H]1c1ccc(Br)cc1. The highest BCUT2D eigenvalue weighted by atomic mass is 79.9. The lowest BCUT2D eigenvalue weighted by atomic mass is 10.1. The van der Waals surface area contributed by atoms with E-state index in [0.29, 0.717) is 0 Å². The van der Waals surface area contributed by atoms with Crippen LogP contribution in [-0.4, -0.2) is 31.6 Å². The number of aliphatic hydroxyl groups is 1. The topological polar surface area (TPSA) is 54.4 Å². The Balaban J connectivity index is 2.27. The molecule has 0 bridgehead atoms. The van der Waals surface area contributed by atoms with E-state index in [0.717, 1.165) is 10.0 Å². The van der Waals surface area contributed by atoms with Crippen LogP contribution in [0.25, 0.3) is 0 Å². The molecule has 1 fully saturated rings. The second kappa shape index (κ2) is 4.13. The van der Waals surface area contributed by atoms with Crippen LogP contribution in [0.4, 0.5) is 0 Å². The Bertz CT molecular complexity index is 480. The van der Waals surface area contributed by atoms with E-state index in [9.17, 15) is 8.42 Å². The molecule has 0 amide bonds. The monoisotopic (exact) mass is 304 g/mol. The summed E-state index contributed by atoms with van der Waals surface area (Å²) in [7, 11) is -3.07. The van der Waals surface area contributed by atoms with Crippen LogP contribution in [0.3, 0.4) is 0 Å². The highest BCUT2D eigenvalue weighted by Gasteiger charge is 2.56. The van der Waals surface area contributed by atoms with Gasteiger partial charge in [0.1, 0.15) is 0 Å². The summed E-state index contributed by atoms with van der Waals surface area (Å²) in [6.07, 6.45) is 1.24. The number of hydrogen-bond donors (Lipinski definition) is 1. The zero-order valence-electron chi connectivity index (χ0n) is 8.80. The molecule has 0 unspecified atom stereocenters. The molecule has 3 nitrogen and oxygen atoms in total. The van der Waals surface area contributed by atoms with Crippen LogP contribution in [0, 0.1) is 5.92 Å². The molecule has 88 valence electrons. The fraction of sp³-hybridized carbons (Fsp3) is 0.455. The first-order chi connectivity index (χ1) is 7.45. The van der Waals surface area contributed by atoms with Crippen LogP contribution in [0.1, 0.15) is 11.5 Å². The van der Waals surface area contributed by atoms with Crippen molar-refractivity contribution in [3.63, 3.8) is 0 Å². The van der Waals surface area contributed by atoms with Crippen molar-refractivity contribution in [3.8, 4) is 0 Å². The van der Waals surface area contributed by atoms with Crippen LogP contribution in [-0.2, 0) is 9.84 Å². The molecule has 1 aliphatic rings. The fourth-order valence-electron chi connectivity index (χ4n) is 2.27. The molecule has 0 radical (unpaired) electrons. The fourth-order valence-corrected chi connectivity index (χ4v) is 4.22. The predicted molar refractivity (Wildman–Crippen MR) is 66.1 cm³/mol. The van der Waals surface area contributed by atoms with Gasteiger partial charge in [0, 0.05) is 29.2 Å². The van der Waals surface area contributed by atoms with Gasteiger partial charge in [-0.25, -0.2) is 8.42 Å². The van der Waals surface area contributed by atoms with E-state index in [4.69, 9.17) is 5.11 Å². The van der Waals surface area contributed by atoms with E-state index >= 15 is 0 Å². The smallest absolute Gasteiger partial charge is 0.151 e. The zero-order valence-corrected chi connectivity index (χ0v) is 11.2. The van der Waals surface area contributed by atoms with Gasteiger partial charge in [-0.3, -0.25) is 0 Å². The molecule has 3 atom stereocenters. The third-order valence-corrected chi connectivity index (χ3v) is 5.22. The Morgan fingerprint density at radius 1 is 1.31 bits per heavy atom. The molecule has 1 N–H and O–H groups in total. The number of halogens is 1. The Hall–Kier alpha value is -0.390. The first-order valence-electron chi connectivity index (χ1n) is 5.00. The molecular formula is C11H13BrO3S. The van der Waals surface area contributed by atoms with E-state index in [1.807, 2.05) is 24.3 Å². The molecule has 0 spiro atoms. The highest BCUT2D eigenvalue weighted by Crippen LogP contribution is 2.51. The summed E-state index contributed by atoms with van der Waals surface area (Å²) >= 11 is 3.33. The summed E-state index contributed by atoms with van der Waals surface area (Å²) in [5.41, 5.74) is 0.984. The molecule has 1 aromatic rings. The van der Waals surface area contributed by atoms with Crippen molar-refractivity contribution in [2.75, 3.05) is 12.9 Å². The molecule has 1 saturated carbocycles. The summed E-state index contributed by atoms with van der Waals surface area (Å²) in [6, 6.07) is 7.59. The van der Waals surface area contributed by atoms with Crippen molar-refractivity contribution in [1.82, 2.24) is 0 Å². The van der Waals surface area contributed by atoms with Crippen molar-refractivity contribution in [2.24, 2.45) is 5.92 Å². The Morgan fingerprint density at radius 2 is 1.88 bits per heavy atom. The maximum atomic E-state index is 11.5. The number of aliphatic hydroxyl groups excluding tert-OH is 1. The van der Waals surface area contributed by atoms with Crippen LogP contribution < -0.4 is 0 Å². The quantitative estimate of drug-likeness (QED) is 0.922. The normalized spacial score (nSPS) is 29.1. The van der Waals surface area contributed by atoms with E-state index in [2.05, 4.69) is 15.9 Å². The molecule has 0 aromatic heterocycles.